The Morgan fingerprint density at radius 1 is 1.25 bits per heavy atom. The van der Waals surface area contributed by atoms with Gasteiger partial charge in [-0.2, -0.15) is 8.42 Å². The van der Waals surface area contributed by atoms with Crippen molar-refractivity contribution in [3.63, 3.8) is 0 Å². The highest BCUT2D eigenvalue weighted by Crippen LogP contribution is 2.22. The first-order chi connectivity index (χ1) is 9.55. The average molecular weight is 293 g/mol. The third-order valence-electron chi connectivity index (χ3n) is 2.99. The van der Waals surface area contributed by atoms with Crippen LogP contribution in [-0.4, -0.2) is 24.5 Å². The fourth-order valence-corrected chi connectivity index (χ4v) is 3.39. The maximum atomic E-state index is 12.7. The van der Waals surface area contributed by atoms with E-state index in [4.69, 9.17) is 0 Å². The highest BCUT2D eigenvalue weighted by Gasteiger charge is 2.26. The molecule has 0 atom stereocenters. The number of sulfonamides is 1. The van der Waals surface area contributed by atoms with Crippen LogP contribution in [0.5, 0.6) is 0 Å². The van der Waals surface area contributed by atoms with Crippen LogP contribution >= 0.6 is 0 Å². The Kier molecular flexibility index (Phi) is 4.44. The number of para-hydroxylation sites is 1. The lowest BCUT2D eigenvalue weighted by Gasteiger charge is -2.23. The number of rotatable bonds is 6. The molecule has 0 aliphatic rings. The van der Waals surface area contributed by atoms with Crippen LogP contribution < -0.4 is 4.31 Å². The average Bonchev–Trinajstić information content (AvgIpc) is 2.88. The van der Waals surface area contributed by atoms with Gasteiger partial charge in [0, 0.05) is 19.8 Å². The number of nitrogens with zero attached hydrogens (tertiary/aromatic N) is 3. The molecule has 1 heterocycles. The molecule has 1 aromatic carbocycles. The Hall–Kier alpha value is -1.82. The summed E-state index contributed by atoms with van der Waals surface area (Å²) in [5, 5.41) is 0.0833. The summed E-state index contributed by atoms with van der Waals surface area (Å²) >= 11 is 0. The van der Waals surface area contributed by atoms with Crippen LogP contribution in [0, 0.1) is 0 Å². The molecule has 0 amide bonds. The zero-order valence-electron chi connectivity index (χ0n) is 11.7. The first kappa shape index (κ1) is 14.6. The lowest BCUT2D eigenvalue weighted by Crippen LogP contribution is -2.32. The summed E-state index contributed by atoms with van der Waals surface area (Å²) in [5.41, 5.74) is 0.673. The molecule has 0 saturated carbocycles. The molecule has 108 valence electrons. The molecule has 1 aromatic heterocycles. The van der Waals surface area contributed by atoms with E-state index in [2.05, 4.69) is 4.98 Å². The van der Waals surface area contributed by atoms with Crippen molar-refractivity contribution in [2.75, 3.05) is 10.8 Å². The van der Waals surface area contributed by atoms with E-state index in [1.165, 1.54) is 16.8 Å². The molecule has 2 rings (SSSR count). The number of hydrogen-bond acceptors (Lipinski definition) is 3. The molecular weight excluding hydrogens is 274 g/mol. The Balaban J connectivity index is 2.40. The molecule has 0 bridgehead atoms. The lowest BCUT2D eigenvalue weighted by atomic mass is 10.3. The van der Waals surface area contributed by atoms with Crippen molar-refractivity contribution in [3.05, 3.63) is 42.9 Å². The van der Waals surface area contributed by atoms with Gasteiger partial charge < -0.3 is 4.57 Å². The van der Waals surface area contributed by atoms with Crippen LogP contribution in [-0.2, 0) is 17.1 Å². The Morgan fingerprint density at radius 3 is 2.50 bits per heavy atom. The number of aromatic nitrogens is 2. The van der Waals surface area contributed by atoms with E-state index in [0.717, 1.165) is 12.8 Å². The van der Waals surface area contributed by atoms with Gasteiger partial charge in [0.25, 0.3) is 10.0 Å². The van der Waals surface area contributed by atoms with Crippen LogP contribution in [0.3, 0.4) is 0 Å². The summed E-state index contributed by atoms with van der Waals surface area (Å²) in [6, 6.07) is 9.14. The van der Waals surface area contributed by atoms with E-state index in [-0.39, 0.29) is 5.03 Å². The number of hydrogen-bond donors (Lipinski definition) is 0. The van der Waals surface area contributed by atoms with Crippen molar-refractivity contribution in [1.29, 1.82) is 0 Å². The van der Waals surface area contributed by atoms with Gasteiger partial charge in [-0.15, -0.1) is 0 Å². The number of benzene rings is 1. The first-order valence-corrected chi connectivity index (χ1v) is 8.05. The van der Waals surface area contributed by atoms with E-state index >= 15 is 0 Å². The molecule has 5 nitrogen and oxygen atoms in total. The second-order valence-electron chi connectivity index (χ2n) is 4.64. The Morgan fingerprint density at radius 2 is 1.95 bits per heavy atom. The van der Waals surface area contributed by atoms with Crippen molar-refractivity contribution in [3.8, 4) is 0 Å². The molecule has 0 fully saturated rings. The van der Waals surface area contributed by atoms with Crippen LogP contribution in [0.25, 0.3) is 0 Å². The fraction of sp³-hybridized carbons (Fsp3) is 0.357. The summed E-state index contributed by atoms with van der Waals surface area (Å²) in [6.45, 7) is 2.50. The van der Waals surface area contributed by atoms with Crippen molar-refractivity contribution in [2.24, 2.45) is 7.05 Å². The molecule has 2 aromatic rings. The Labute approximate surface area is 119 Å². The molecule has 0 saturated heterocycles. The predicted octanol–water partition coefficient (Wildman–Crippen LogP) is 2.42. The summed E-state index contributed by atoms with van der Waals surface area (Å²) in [5.74, 6) is 0. The van der Waals surface area contributed by atoms with Gasteiger partial charge in [-0.05, 0) is 18.6 Å². The number of aryl methyl sites for hydroxylation is 1. The van der Waals surface area contributed by atoms with E-state index in [9.17, 15) is 8.42 Å². The zero-order valence-corrected chi connectivity index (χ0v) is 12.5. The van der Waals surface area contributed by atoms with E-state index in [1.54, 1.807) is 23.7 Å². The maximum Gasteiger partial charge on any atom is 0.283 e. The molecule has 6 heteroatoms. The standard InChI is InChI=1S/C14H19N3O2S/c1-3-4-10-17(13-8-6-5-7-9-13)20(18,19)14-11-16(2)12-15-14/h5-9,11-12H,3-4,10H2,1-2H3. The smallest absolute Gasteiger partial charge is 0.283 e. The van der Waals surface area contributed by atoms with Crippen molar-refractivity contribution < 1.29 is 8.42 Å². The summed E-state index contributed by atoms with van der Waals surface area (Å²) in [4.78, 5) is 3.98. The third kappa shape index (κ3) is 3.01. The van der Waals surface area contributed by atoms with Crippen LogP contribution in [0.15, 0.2) is 47.9 Å². The summed E-state index contributed by atoms with van der Waals surface area (Å²) in [7, 11) is -1.85. The zero-order chi connectivity index (χ0) is 14.6. The third-order valence-corrected chi connectivity index (χ3v) is 4.71. The van der Waals surface area contributed by atoms with Gasteiger partial charge in [-0.3, -0.25) is 4.31 Å². The molecule has 0 spiro atoms. The van der Waals surface area contributed by atoms with E-state index in [0.29, 0.717) is 12.2 Å². The quantitative estimate of drug-likeness (QED) is 0.822. The van der Waals surface area contributed by atoms with Crippen LogP contribution in [0.4, 0.5) is 5.69 Å². The molecule has 0 radical (unpaired) electrons. The SMILES string of the molecule is CCCCN(c1ccccc1)S(=O)(=O)c1cn(C)cn1. The molecule has 20 heavy (non-hydrogen) atoms. The maximum absolute atomic E-state index is 12.7. The van der Waals surface area contributed by atoms with E-state index in [1.807, 2.05) is 25.1 Å². The van der Waals surface area contributed by atoms with Gasteiger partial charge in [0.1, 0.15) is 0 Å². The van der Waals surface area contributed by atoms with Gasteiger partial charge in [0.2, 0.25) is 0 Å². The molecule has 0 unspecified atom stereocenters. The van der Waals surface area contributed by atoms with Gasteiger partial charge in [0.15, 0.2) is 5.03 Å². The second kappa shape index (κ2) is 6.09. The van der Waals surface area contributed by atoms with Crippen LogP contribution in [0.1, 0.15) is 19.8 Å². The minimum atomic E-state index is -3.60. The van der Waals surface area contributed by atoms with Crippen LogP contribution in [0.2, 0.25) is 0 Å². The predicted molar refractivity (Wildman–Crippen MR) is 79.1 cm³/mol. The summed E-state index contributed by atoms with van der Waals surface area (Å²) in [6.07, 6.45) is 4.76. The summed E-state index contributed by atoms with van der Waals surface area (Å²) < 4.78 is 28.5. The second-order valence-corrected chi connectivity index (χ2v) is 6.45. The topological polar surface area (TPSA) is 55.2 Å². The van der Waals surface area contributed by atoms with Gasteiger partial charge in [0.05, 0.1) is 12.0 Å². The number of unbranched alkanes of at least 4 members (excludes halogenated alkanes) is 1. The highest BCUT2D eigenvalue weighted by atomic mass is 32.2. The molecule has 0 aliphatic carbocycles. The first-order valence-electron chi connectivity index (χ1n) is 6.61. The molecular formula is C14H19N3O2S. The lowest BCUT2D eigenvalue weighted by molar-refractivity contribution is 0.585. The molecule has 0 aliphatic heterocycles. The van der Waals surface area contributed by atoms with Gasteiger partial charge in [-0.1, -0.05) is 31.5 Å². The van der Waals surface area contributed by atoms with Crippen molar-refractivity contribution >= 4 is 15.7 Å². The van der Waals surface area contributed by atoms with Gasteiger partial charge >= 0.3 is 0 Å². The van der Waals surface area contributed by atoms with Gasteiger partial charge in [-0.25, -0.2) is 4.98 Å². The minimum absolute atomic E-state index is 0.0833. The van der Waals surface area contributed by atoms with Crippen molar-refractivity contribution in [2.45, 2.75) is 24.8 Å². The van der Waals surface area contributed by atoms with Crippen molar-refractivity contribution in [1.82, 2.24) is 9.55 Å². The van der Waals surface area contributed by atoms with E-state index < -0.39 is 10.0 Å². The molecule has 0 N–H and O–H groups in total. The highest BCUT2D eigenvalue weighted by molar-refractivity contribution is 7.92. The minimum Gasteiger partial charge on any atom is -0.339 e. The number of anilines is 1. The number of imidazole rings is 1. The largest absolute Gasteiger partial charge is 0.339 e. The fourth-order valence-electron chi connectivity index (χ4n) is 1.92. The Bertz CT molecular complexity index is 650. The monoisotopic (exact) mass is 293 g/mol. The normalized spacial score (nSPS) is 11.5.